The summed E-state index contributed by atoms with van der Waals surface area (Å²) in [6.07, 6.45) is -2.17. The number of aromatic nitrogens is 6. The molecule has 3 aromatic heterocycles. The van der Waals surface area contributed by atoms with Crippen LogP contribution in [0.4, 0.5) is 23.4 Å². The van der Waals surface area contributed by atoms with E-state index in [1.54, 1.807) is 12.1 Å². The first-order chi connectivity index (χ1) is 17.7. The molecular formula is C24H17F4N7O2. The van der Waals surface area contributed by atoms with Gasteiger partial charge in [0.1, 0.15) is 35.2 Å². The summed E-state index contributed by atoms with van der Waals surface area (Å²) in [6.45, 7) is 0. The van der Waals surface area contributed by atoms with Gasteiger partial charge < -0.3 is 10.1 Å². The van der Waals surface area contributed by atoms with Crippen molar-refractivity contribution in [3.63, 3.8) is 0 Å². The summed E-state index contributed by atoms with van der Waals surface area (Å²) in [5, 5.41) is 6.95. The Kier molecular flexibility index (Phi) is 4.43. The van der Waals surface area contributed by atoms with Crippen LogP contribution < -0.4 is 10.1 Å². The van der Waals surface area contributed by atoms with Crippen LogP contribution in [-0.4, -0.2) is 47.7 Å². The van der Waals surface area contributed by atoms with Crippen LogP contribution in [-0.2, 0) is 16.6 Å². The minimum absolute atomic E-state index is 0.0258. The fraction of sp³-hybridized carbons (Fsp3) is 0.333. The Bertz CT molecular complexity index is 1590. The summed E-state index contributed by atoms with van der Waals surface area (Å²) >= 11 is 0. The summed E-state index contributed by atoms with van der Waals surface area (Å²) in [7, 11) is 0. The van der Waals surface area contributed by atoms with E-state index in [-0.39, 0.29) is 54.0 Å². The summed E-state index contributed by atoms with van der Waals surface area (Å²) < 4.78 is 59.3. The van der Waals surface area contributed by atoms with Crippen LogP contribution in [0.15, 0.2) is 36.8 Å². The number of hydrogen-bond acceptors (Lipinski definition) is 7. The highest BCUT2D eigenvalue weighted by molar-refractivity contribution is 6.09. The maximum atomic E-state index is 13.7. The smallest absolute Gasteiger partial charge is 0.389 e. The Morgan fingerprint density at radius 2 is 1.97 bits per heavy atom. The van der Waals surface area contributed by atoms with Gasteiger partial charge in [-0.05, 0) is 37.0 Å². The number of alkyl halides is 3. The van der Waals surface area contributed by atoms with Crippen molar-refractivity contribution in [1.29, 1.82) is 0 Å². The van der Waals surface area contributed by atoms with Crippen LogP contribution in [0.25, 0.3) is 17.2 Å². The van der Waals surface area contributed by atoms with Crippen molar-refractivity contribution in [2.75, 3.05) is 5.32 Å². The molecule has 1 aliphatic carbocycles. The maximum Gasteiger partial charge on any atom is 0.389 e. The van der Waals surface area contributed by atoms with Crippen molar-refractivity contribution in [2.24, 2.45) is 5.92 Å². The number of anilines is 1. The molecule has 4 aromatic rings. The second-order valence-corrected chi connectivity index (χ2v) is 9.41. The summed E-state index contributed by atoms with van der Waals surface area (Å²) in [5.41, 5.74) is 0.950. The van der Waals surface area contributed by atoms with Gasteiger partial charge in [0.25, 0.3) is 0 Å². The second-order valence-electron chi connectivity index (χ2n) is 9.41. The summed E-state index contributed by atoms with van der Waals surface area (Å²) in [5.74, 6) is -0.223. The first-order valence-electron chi connectivity index (χ1n) is 11.7. The highest BCUT2D eigenvalue weighted by Crippen LogP contribution is 2.62. The summed E-state index contributed by atoms with van der Waals surface area (Å²) in [4.78, 5) is 31.2. The molecule has 2 aliphatic heterocycles. The lowest BCUT2D eigenvalue weighted by molar-refractivity contribution is -0.135. The number of carbonyl (C=O) groups excluding carboxylic acids is 1. The van der Waals surface area contributed by atoms with Gasteiger partial charge in [-0.25, -0.2) is 23.9 Å². The minimum Gasteiger partial charge on any atom is -0.474 e. The van der Waals surface area contributed by atoms with E-state index in [2.05, 4.69) is 30.4 Å². The first-order valence-corrected chi connectivity index (χ1v) is 11.7. The third kappa shape index (κ3) is 3.29. The number of rotatable bonds is 5. The van der Waals surface area contributed by atoms with Crippen molar-refractivity contribution in [2.45, 2.75) is 43.4 Å². The SMILES string of the molecule is O=C1Nc2nc(-c3cn4ncnc4c(CCCC(F)(F)F)n3)nc3c2C1(c1ccc(F)cc1)C1CC1O3. The van der Waals surface area contributed by atoms with E-state index < -0.39 is 23.8 Å². The molecule has 0 bridgehead atoms. The highest BCUT2D eigenvalue weighted by Gasteiger charge is 2.68. The van der Waals surface area contributed by atoms with Crippen LogP contribution in [0.2, 0.25) is 0 Å². The normalized spacial score (nSPS) is 23.4. The lowest BCUT2D eigenvalue weighted by Gasteiger charge is -2.32. The highest BCUT2D eigenvalue weighted by atomic mass is 19.4. The topological polar surface area (TPSA) is 107 Å². The average Bonchev–Trinajstić information content (AvgIpc) is 3.34. The second kappa shape index (κ2) is 7.43. The number of carbonyl (C=O) groups is 1. The van der Waals surface area contributed by atoms with E-state index in [9.17, 15) is 22.4 Å². The van der Waals surface area contributed by atoms with Gasteiger partial charge in [0.15, 0.2) is 11.5 Å². The van der Waals surface area contributed by atoms with Crippen LogP contribution in [0.1, 0.15) is 36.1 Å². The standard InChI is InChI=1S/C24H17F4N7O2/c25-12-5-3-11(4-6-12)24-13-8-16(13)37-21-17(24)19(34-22(24)36)32-18(33-21)15-9-35-20(29-10-30-35)14(31-15)2-1-7-23(26,27)28/h3-6,9-10,13,16H,1-2,7-8H2,(H,32,33,34,36). The molecule has 13 heteroatoms. The average molecular weight is 511 g/mol. The van der Waals surface area contributed by atoms with Crippen molar-refractivity contribution in [1.82, 2.24) is 29.5 Å². The van der Waals surface area contributed by atoms with Gasteiger partial charge in [-0.3, -0.25) is 4.79 Å². The van der Waals surface area contributed by atoms with Gasteiger partial charge in [0.2, 0.25) is 11.8 Å². The Balaban J connectivity index is 1.33. The molecule has 37 heavy (non-hydrogen) atoms. The molecular weight excluding hydrogens is 494 g/mol. The first kappa shape index (κ1) is 22.1. The Morgan fingerprint density at radius 3 is 2.76 bits per heavy atom. The largest absolute Gasteiger partial charge is 0.474 e. The molecule has 0 radical (unpaired) electrons. The van der Waals surface area contributed by atoms with Crippen LogP contribution >= 0.6 is 0 Å². The molecule has 1 amide bonds. The number of nitrogens with zero attached hydrogens (tertiary/aromatic N) is 6. The lowest BCUT2D eigenvalue weighted by atomic mass is 9.71. The van der Waals surface area contributed by atoms with E-state index in [0.29, 0.717) is 28.9 Å². The van der Waals surface area contributed by atoms with Crippen molar-refractivity contribution in [3.05, 3.63) is 59.4 Å². The quantitative estimate of drug-likeness (QED) is 0.408. The molecule has 0 spiro atoms. The monoisotopic (exact) mass is 511 g/mol. The van der Waals surface area contributed by atoms with E-state index in [1.165, 1.54) is 29.2 Å². The van der Waals surface area contributed by atoms with E-state index in [0.717, 1.165) is 0 Å². The van der Waals surface area contributed by atoms with Crippen LogP contribution in [0.5, 0.6) is 5.88 Å². The van der Waals surface area contributed by atoms with Crippen LogP contribution in [0.3, 0.4) is 0 Å². The van der Waals surface area contributed by atoms with Gasteiger partial charge in [0, 0.05) is 12.3 Å². The molecule has 1 N–H and O–H groups in total. The number of halogens is 4. The number of hydrogen-bond donors (Lipinski definition) is 1. The molecule has 1 saturated carbocycles. The zero-order valence-electron chi connectivity index (χ0n) is 19.0. The third-order valence-corrected chi connectivity index (χ3v) is 7.14. The van der Waals surface area contributed by atoms with Gasteiger partial charge >= 0.3 is 6.18 Å². The number of nitrogens with one attached hydrogen (secondary N) is 1. The van der Waals surface area contributed by atoms with Crippen molar-refractivity contribution >= 4 is 17.4 Å². The minimum atomic E-state index is -4.28. The predicted octanol–water partition coefficient (Wildman–Crippen LogP) is 3.62. The number of aryl methyl sites for hydroxylation is 1. The zero-order chi connectivity index (χ0) is 25.5. The molecule has 7 rings (SSSR count). The van der Waals surface area contributed by atoms with Gasteiger partial charge in [-0.2, -0.15) is 23.3 Å². The van der Waals surface area contributed by atoms with E-state index in [4.69, 9.17) is 4.74 Å². The molecule has 1 fully saturated rings. The van der Waals surface area contributed by atoms with Gasteiger partial charge in [0.05, 0.1) is 17.5 Å². The number of ether oxygens (including phenoxy) is 1. The lowest BCUT2D eigenvalue weighted by Crippen LogP contribution is -2.42. The third-order valence-electron chi connectivity index (χ3n) is 7.14. The van der Waals surface area contributed by atoms with E-state index >= 15 is 0 Å². The maximum absolute atomic E-state index is 13.7. The van der Waals surface area contributed by atoms with Gasteiger partial charge in [-0.15, -0.1) is 0 Å². The number of fused-ring (bicyclic) bond motifs is 3. The fourth-order valence-corrected chi connectivity index (χ4v) is 5.49. The fourth-order valence-electron chi connectivity index (χ4n) is 5.49. The van der Waals surface area contributed by atoms with Crippen molar-refractivity contribution in [3.8, 4) is 17.4 Å². The molecule has 0 saturated heterocycles. The Morgan fingerprint density at radius 1 is 1.16 bits per heavy atom. The zero-order valence-corrected chi connectivity index (χ0v) is 19.0. The Labute approximate surface area is 205 Å². The molecule has 1 aromatic carbocycles. The molecule has 3 aliphatic rings. The van der Waals surface area contributed by atoms with E-state index in [1.807, 2.05) is 0 Å². The van der Waals surface area contributed by atoms with Crippen molar-refractivity contribution < 1.29 is 27.1 Å². The number of benzene rings is 1. The van der Waals surface area contributed by atoms with Crippen LogP contribution in [0, 0.1) is 11.7 Å². The predicted molar refractivity (Wildman–Crippen MR) is 119 cm³/mol. The molecule has 188 valence electrons. The Hall–Kier alpha value is -4.16. The number of amides is 1. The molecule has 9 nitrogen and oxygen atoms in total. The molecule has 5 heterocycles. The molecule has 3 atom stereocenters. The summed E-state index contributed by atoms with van der Waals surface area (Å²) in [6, 6.07) is 5.81. The molecule has 3 unspecified atom stereocenters. The van der Waals surface area contributed by atoms with Gasteiger partial charge in [-0.1, -0.05) is 12.1 Å².